The van der Waals surface area contributed by atoms with Crippen molar-refractivity contribution < 1.29 is 9.53 Å². The van der Waals surface area contributed by atoms with E-state index in [9.17, 15) is 4.79 Å². The van der Waals surface area contributed by atoms with Crippen molar-refractivity contribution in [3.8, 4) is 5.75 Å². The molecule has 3 atom stereocenters. The lowest BCUT2D eigenvalue weighted by atomic mass is 9.76. The van der Waals surface area contributed by atoms with Crippen molar-refractivity contribution in [2.24, 2.45) is 5.92 Å². The molecular weight excluding hydrogens is 455 g/mol. The average Bonchev–Trinajstić information content (AvgIpc) is 3.30. The predicted molar refractivity (Wildman–Crippen MR) is 135 cm³/mol. The van der Waals surface area contributed by atoms with Crippen LogP contribution >= 0.6 is 23.2 Å². The van der Waals surface area contributed by atoms with Crippen molar-refractivity contribution in [3.05, 3.63) is 99.6 Å². The van der Waals surface area contributed by atoms with Crippen LogP contribution in [0, 0.1) is 5.92 Å². The minimum Gasteiger partial charge on any atom is -0.494 e. The zero-order chi connectivity index (χ0) is 22.9. The predicted octanol–water partition coefficient (Wildman–Crippen LogP) is 7.47. The number of rotatable bonds is 5. The summed E-state index contributed by atoms with van der Waals surface area (Å²) in [6.45, 7) is 2.54. The van der Waals surface area contributed by atoms with Gasteiger partial charge in [-0.15, -0.1) is 0 Å². The van der Waals surface area contributed by atoms with Crippen LogP contribution in [0.4, 0.5) is 11.4 Å². The normalized spacial score (nSPS) is 20.5. The highest BCUT2D eigenvalue weighted by atomic mass is 35.5. The summed E-state index contributed by atoms with van der Waals surface area (Å²) < 4.78 is 5.49. The van der Waals surface area contributed by atoms with Gasteiger partial charge in [-0.3, -0.25) is 4.79 Å². The molecule has 1 aliphatic heterocycles. The van der Waals surface area contributed by atoms with E-state index in [0.29, 0.717) is 33.8 Å². The van der Waals surface area contributed by atoms with Crippen LogP contribution in [0.15, 0.2) is 72.8 Å². The number of carbonyl (C=O) groups excluding carboxylic acids is 1. The molecule has 168 valence electrons. The molecule has 6 heteroatoms. The highest BCUT2D eigenvalue weighted by Crippen LogP contribution is 2.51. The smallest absolute Gasteiger partial charge is 0.257 e. The van der Waals surface area contributed by atoms with E-state index in [1.807, 2.05) is 55.5 Å². The van der Waals surface area contributed by atoms with Crippen LogP contribution in [0.25, 0.3) is 0 Å². The van der Waals surface area contributed by atoms with E-state index in [2.05, 4.69) is 28.9 Å². The van der Waals surface area contributed by atoms with E-state index in [1.54, 1.807) is 6.07 Å². The summed E-state index contributed by atoms with van der Waals surface area (Å²) in [5.41, 5.74) is 4.30. The third-order valence-electron chi connectivity index (χ3n) is 6.36. The first-order valence-electron chi connectivity index (χ1n) is 11.1. The largest absolute Gasteiger partial charge is 0.494 e. The molecule has 2 N–H and O–H groups in total. The van der Waals surface area contributed by atoms with Crippen LogP contribution < -0.4 is 15.4 Å². The number of anilines is 2. The molecule has 3 unspecified atom stereocenters. The molecule has 0 radical (unpaired) electrons. The Morgan fingerprint density at radius 2 is 1.91 bits per heavy atom. The Hall–Kier alpha value is -2.95. The number of halogens is 2. The van der Waals surface area contributed by atoms with E-state index in [0.717, 1.165) is 29.0 Å². The van der Waals surface area contributed by atoms with Crippen molar-refractivity contribution in [3.63, 3.8) is 0 Å². The lowest BCUT2D eigenvalue weighted by Crippen LogP contribution is -2.31. The number of allylic oxidation sites excluding steroid dienone is 2. The van der Waals surface area contributed by atoms with Crippen molar-refractivity contribution in [2.75, 3.05) is 17.2 Å². The number of hydrogen-bond donors (Lipinski definition) is 2. The Labute approximate surface area is 203 Å². The van der Waals surface area contributed by atoms with Crippen LogP contribution in [-0.4, -0.2) is 12.5 Å². The number of hydrogen-bond acceptors (Lipinski definition) is 3. The fourth-order valence-corrected chi connectivity index (χ4v) is 5.40. The Morgan fingerprint density at radius 1 is 1.09 bits per heavy atom. The lowest BCUT2D eigenvalue weighted by molar-refractivity contribution is 0.102. The fourth-order valence-electron chi connectivity index (χ4n) is 4.87. The number of carbonyl (C=O) groups is 1. The molecule has 0 spiro atoms. The van der Waals surface area contributed by atoms with Gasteiger partial charge >= 0.3 is 0 Å². The van der Waals surface area contributed by atoms with E-state index >= 15 is 0 Å². The molecule has 0 fully saturated rings. The van der Waals surface area contributed by atoms with Crippen LogP contribution in [0.3, 0.4) is 0 Å². The van der Waals surface area contributed by atoms with Gasteiger partial charge in [-0.2, -0.15) is 0 Å². The molecular formula is C27H24Cl2N2O2. The van der Waals surface area contributed by atoms with Gasteiger partial charge in [0, 0.05) is 21.7 Å². The minimum atomic E-state index is -0.162. The summed E-state index contributed by atoms with van der Waals surface area (Å²) in [4.78, 5) is 13.3. The highest BCUT2D eigenvalue weighted by Gasteiger charge is 2.40. The van der Waals surface area contributed by atoms with Gasteiger partial charge < -0.3 is 15.4 Å². The van der Waals surface area contributed by atoms with Crippen LogP contribution in [0.5, 0.6) is 5.75 Å². The number of para-hydroxylation sites is 1. The Bertz CT molecular complexity index is 1220. The maximum Gasteiger partial charge on any atom is 0.257 e. The third-order valence-corrected chi connectivity index (χ3v) is 6.92. The molecule has 33 heavy (non-hydrogen) atoms. The van der Waals surface area contributed by atoms with Crippen molar-refractivity contribution in [1.82, 2.24) is 0 Å². The van der Waals surface area contributed by atoms with Crippen LogP contribution in [0.1, 0.15) is 46.8 Å². The average molecular weight is 479 g/mol. The Balaban J connectivity index is 1.48. The van der Waals surface area contributed by atoms with Gasteiger partial charge in [0.05, 0.1) is 23.9 Å². The quantitative estimate of drug-likeness (QED) is 0.373. The van der Waals surface area contributed by atoms with Gasteiger partial charge in [0.1, 0.15) is 5.75 Å². The Kier molecular flexibility index (Phi) is 6.05. The van der Waals surface area contributed by atoms with Gasteiger partial charge in [0.2, 0.25) is 0 Å². The first-order chi connectivity index (χ1) is 16.0. The molecule has 1 amide bonds. The fraction of sp³-hybridized carbons (Fsp3) is 0.222. The molecule has 4 nitrogen and oxygen atoms in total. The van der Waals surface area contributed by atoms with E-state index in [-0.39, 0.29) is 17.9 Å². The highest BCUT2D eigenvalue weighted by molar-refractivity contribution is 6.35. The van der Waals surface area contributed by atoms with Gasteiger partial charge in [-0.1, -0.05) is 53.6 Å². The van der Waals surface area contributed by atoms with Crippen LogP contribution in [-0.2, 0) is 0 Å². The Morgan fingerprint density at radius 3 is 2.67 bits per heavy atom. The van der Waals surface area contributed by atoms with Gasteiger partial charge in [-0.05, 0) is 72.9 Å². The van der Waals surface area contributed by atoms with Crippen molar-refractivity contribution >= 4 is 40.5 Å². The number of fused-ring (bicyclic) bond motifs is 3. The molecule has 3 aromatic rings. The number of nitrogens with one attached hydrogen (secondary N) is 2. The summed E-state index contributed by atoms with van der Waals surface area (Å²) in [5.74, 6) is 1.15. The maximum atomic E-state index is 13.3. The van der Waals surface area contributed by atoms with Gasteiger partial charge in [-0.25, -0.2) is 0 Å². The lowest BCUT2D eigenvalue weighted by Gasteiger charge is -2.38. The maximum absolute atomic E-state index is 13.3. The second kappa shape index (κ2) is 9.12. The molecule has 1 aliphatic carbocycles. The molecule has 1 heterocycles. The number of ether oxygens (including phenoxy) is 1. The molecule has 0 aromatic heterocycles. The van der Waals surface area contributed by atoms with Gasteiger partial charge in [0.25, 0.3) is 5.91 Å². The van der Waals surface area contributed by atoms with E-state index in [4.69, 9.17) is 27.9 Å². The SMILES string of the molecule is CCOc1ccc(NC(=O)c2cccc3c2NC(c2ccc(Cl)cc2Cl)C2CC=CC32)cc1. The molecule has 3 aromatic carbocycles. The summed E-state index contributed by atoms with van der Waals surface area (Å²) in [5, 5.41) is 7.91. The zero-order valence-electron chi connectivity index (χ0n) is 18.1. The van der Waals surface area contributed by atoms with Crippen molar-refractivity contribution in [2.45, 2.75) is 25.3 Å². The molecule has 0 saturated carbocycles. The van der Waals surface area contributed by atoms with E-state index in [1.165, 1.54) is 0 Å². The number of benzene rings is 3. The number of amides is 1. The standard InChI is InChI=1S/C27H24Cl2N2O2/c1-2-33-18-12-10-17(11-13-18)30-27(32)23-8-4-7-21-19-5-3-6-20(19)25(31-26(21)23)22-14-9-16(28)15-24(22)29/h3-5,7-15,19-20,25,31H,2,6H2,1H3,(H,30,32). The molecule has 5 rings (SSSR count). The first kappa shape index (κ1) is 21.9. The third kappa shape index (κ3) is 4.21. The monoisotopic (exact) mass is 478 g/mol. The second-order valence-corrected chi connectivity index (χ2v) is 9.17. The molecule has 2 aliphatic rings. The molecule has 0 bridgehead atoms. The summed E-state index contributed by atoms with van der Waals surface area (Å²) in [7, 11) is 0. The summed E-state index contributed by atoms with van der Waals surface area (Å²) in [6, 6.07) is 18.9. The van der Waals surface area contributed by atoms with Crippen molar-refractivity contribution in [1.29, 1.82) is 0 Å². The zero-order valence-corrected chi connectivity index (χ0v) is 19.7. The van der Waals surface area contributed by atoms with Crippen LogP contribution in [0.2, 0.25) is 10.0 Å². The topological polar surface area (TPSA) is 50.4 Å². The molecule has 0 saturated heterocycles. The van der Waals surface area contributed by atoms with Gasteiger partial charge in [0.15, 0.2) is 0 Å². The summed E-state index contributed by atoms with van der Waals surface area (Å²) >= 11 is 12.7. The summed E-state index contributed by atoms with van der Waals surface area (Å²) in [6.07, 6.45) is 5.41. The minimum absolute atomic E-state index is 0.0262. The second-order valence-electron chi connectivity index (χ2n) is 8.32. The first-order valence-corrected chi connectivity index (χ1v) is 11.9. The van der Waals surface area contributed by atoms with E-state index < -0.39 is 0 Å².